The van der Waals surface area contributed by atoms with Crippen LogP contribution in [0.25, 0.3) is 0 Å². The van der Waals surface area contributed by atoms with E-state index in [0.717, 1.165) is 19.3 Å². The lowest BCUT2D eigenvalue weighted by Crippen LogP contribution is -2.42. The number of hydrogen-bond acceptors (Lipinski definition) is 3. The van der Waals surface area contributed by atoms with Gasteiger partial charge in [0, 0.05) is 0 Å². The maximum atomic E-state index is 11.6. The number of esters is 1. The van der Waals surface area contributed by atoms with E-state index in [4.69, 9.17) is 9.84 Å². The molecule has 0 radical (unpaired) electrons. The van der Waals surface area contributed by atoms with E-state index < -0.39 is 17.4 Å². The molecule has 0 aromatic carbocycles. The maximum absolute atomic E-state index is 11.6. The summed E-state index contributed by atoms with van der Waals surface area (Å²) in [6, 6.07) is 0. The molecular weight excluding hydrogens is 184 g/mol. The predicted octanol–water partition coefficient (Wildman–Crippen LogP) is 1.58. The molecule has 0 heterocycles. The van der Waals surface area contributed by atoms with Gasteiger partial charge in [0.1, 0.15) is 0 Å². The lowest BCUT2D eigenvalue weighted by Gasteiger charge is -2.30. The summed E-state index contributed by atoms with van der Waals surface area (Å²) in [5.41, 5.74) is -1.26. The van der Waals surface area contributed by atoms with Crippen LogP contribution in [0.1, 0.15) is 39.0 Å². The largest absolute Gasteiger partial charge is 0.480 e. The van der Waals surface area contributed by atoms with Crippen molar-refractivity contribution in [1.29, 1.82) is 0 Å². The summed E-state index contributed by atoms with van der Waals surface area (Å²) in [4.78, 5) is 22.7. The van der Waals surface area contributed by atoms with Gasteiger partial charge in [-0.05, 0) is 19.8 Å². The molecule has 14 heavy (non-hydrogen) atoms. The SMILES string of the molecule is CCOC(=O)C1(C(=O)O)CCCCC1. The standard InChI is InChI=1S/C10H16O4/c1-2-14-9(13)10(8(11)12)6-4-3-5-7-10/h2-7H2,1H3,(H,11,12). The van der Waals surface area contributed by atoms with Crippen molar-refractivity contribution in [3.05, 3.63) is 0 Å². The normalized spacial score (nSPS) is 20.1. The van der Waals surface area contributed by atoms with Crippen molar-refractivity contribution in [2.24, 2.45) is 5.41 Å². The van der Waals surface area contributed by atoms with E-state index >= 15 is 0 Å². The van der Waals surface area contributed by atoms with Gasteiger partial charge in [0.05, 0.1) is 6.61 Å². The molecule has 1 saturated carbocycles. The molecule has 0 bridgehead atoms. The quantitative estimate of drug-likeness (QED) is 0.555. The number of carbonyl (C=O) groups excluding carboxylic acids is 1. The van der Waals surface area contributed by atoms with Crippen LogP contribution in [0.5, 0.6) is 0 Å². The van der Waals surface area contributed by atoms with Crippen molar-refractivity contribution in [3.8, 4) is 0 Å². The van der Waals surface area contributed by atoms with Crippen LogP contribution in [0.2, 0.25) is 0 Å². The first-order valence-electron chi connectivity index (χ1n) is 5.04. The van der Waals surface area contributed by atoms with Crippen molar-refractivity contribution in [1.82, 2.24) is 0 Å². The highest BCUT2D eigenvalue weighted by Gasteiger charge is 2.47. The number of rotatable bonds is 3. The number of hydrogen-bond donors (Lipinski definition) is 1. The molecule has 1 N–H and O–H groups in total. The van der Waals surface area contributed by atoms with Crippen LogP contribution in [0, 0.1) is 5.41 Å². The number of carboxylic acid groups (broad SMARTS) is 1. The third-order valence-corrected chi connectivity index (χ3v) is 2.78. The van der Waals surface area contributed by atoms with Crippen LogP contribution in [0.15, 0.2) is 0 Å². The van der Waals surface area contributed by atoms with Crippen LogP contribution in [-0.2, 0) is 14.3 Å². The average molecular weight is 200 g/mol. The Balaban J connectivity index is 2.80. The number of carbonyl (C=O) groups is 2. The Morgan fingerprint density at radius 2 is 1.86 bits per heavy atom. The van der Waals surface area contributed by atoms with Gasteiger partial charge in [0.2, 0.25) is 0 Å². The van der Waals surface area contributed by atoms with E-state index in [1.807, 2.05) is 0 Å². The van der Waals surface area contributed by atoms with Gasteiger partial charge in [-0.1, -0.05) is 19.3 Å². The van der Waals surface area contributed by atoms with Gasteiger partial charge in [0.15, 0.2) is 5.41 Å². The maximum Gasteiger partial charge on any atom is 0.323 e. The topological polar surface area (TPSA) is 63.6 Å². The fraction of sp³-hybridized carbons (Fsp3) is 0.800. The van der Waals surface area contributed by atoms with Crippen molar-refractivity contribution in [2.75, 3.05) is 6.61 Å². The second-order valence-electron chi connectivity index (χ2n) is 3.67. The van der Waals surface area contributed by atoms with Gasteiger partial charge in [0.25, 0.3) is 0 Å². The third-order valence-electron chi connectivity index (χ3n) is 2.78. The predicted molar refractivity (Wildman–Crippen MR) is 49.8 cm³/mol. The Morgan fingerprint density at radius 3 is 2.29 bits per heavy atom. The van der Waals surface area contributed by atoms with E-state index in [2.05, 4.69) is 0 Å². The lowest BCUT2D eigenvalue weighted by atomic mass is 9.74. The van der Waals surface area contributed by atoms with Gasteiger partial charge in [-0.2, -0.15) is 0 Å². The summed E-state index contributed by atoms with van der Waals surface area (Å²) in [6.07, 6.45) is 3.44. The molecule has 0 atom stereocenters. The summed E-state index contributed by atoms with van der Waals surface area (Å²) in [6.45, 7) is 1.93. The third kappa shape index (κ3) is 1.89. The first-order chi connectivity index (χ1) is 6.63. The molecule has 0 unspecified atom stereocenters. The van der Waals surface area contributed by atoms with E-state index in [9.17, 15) is 9.59 Å². The fourth-order valence-corrected chi connectivity index (χ4v) is 1.93. The van der Waals surface area contributed by atoms with E-state index in [1.165, 1.54) is 0 Å². The Hall–Kier alpha value is -1.06. The monoisotopic (exact) mass is 200 g/mol. The number of carboxylic acids is 1. The second kappa shape index (κ2) is 4.44. The molecule has 1 aliphatic carbocycles. The highest BCUT2D eigenvalue weighted by molar-refractivity contribution is 5.99. The Morgan fingerprint density at radius 1 is 1.29 bits per heavy atom. The summed E-state index contributed by atoms with van der Waals surface area (Å²) >= 11 is 0. The molecule has 0 aromatic rings. The van der Waals surface area contributed by atoms with Crippen molar-refractivity contribution >= 4 is 11.9 Å². The van der Waals surface area contributed by atoms with Crippen LogP contribution in [0.3, 0.4) is 0 Å². The summed E-state index contributed by atoms with van der Waals surface area (Å²) in [5.74, 6) is -1.59. The van der Waals surface area contributed by atoms with Crippen molar-refractivity contribution in [3.63, 3.8) is 0 Å². The first kappa shape index (κ1) is 11.0. The van der Waals surface area contributed by atoms with E-state index in [1.54, 1.807) is 6.92 Å². The van der Waals surface area contributed by atoms with Gasteiger partial charge < -0.3 is 9.84 Å². The zero-order valence-electron chi connectivity index (χ0n) is 8.41. The lowest BCUT2D eigenvalue weighted by molar-refractivity contribution is -0.171. The van der Waals surface area contributed by atoms with Crippen LogP contribution >= 0.6 is 0 Å². The van der Waals surface area contributed by atoms with Crippen LogP contribution < -0.4 is 0 Å². The van der Waals surface area contributed by atoms with Crippen molar-refractivity contribution in [2.45, 2.75) is 39.0 Å². The fourth-order valence-electron chi connectivity index (χ4n) is 1.93. The Kier molecular flexibility index (Phi) is 3.49. The average Bonchev–Trinajstić information content (AvgIpc) is 2.19. The molecule has 0 spiro atoms. The second-order valence-corrected chi connectivity index (χ2v) is 3.67. The molecule has 1 fully saturated rings. The molecule has 1 aliphatic rings. The zero-order chi connectivity index (χ0) is 10.6. The highest BCUT2D eigenvalue weighted by Crippen LogP contribution is 2.37. The van der Waals surface area contributed by atoms with E-state index in [0.29, 0.717) is 12.8 Å². The summed E-state index contributed by atoms with van der Waals surface area (Å²) in [5, 5.41) is 9.08. The molecule has 0 aromatic heterocycles. The minimum atomic E-state index is -1.26. The molecule has 4 heteroatoms. The number of ether oxygens (including phenoxy) is 1. The minimum Gasteiger partial charge on any atom is -0.480 e. The van der Waals surface area contributed by atoms with Gasteiger partial charge in [-0.3, -0.25) is 9.59 Å². The Bertz CT molecular complexity index is 228. The molecule has 1 rings (SSSR count). The molecule has 80 valence electrons. The highest BCUT2D eigenvalue weighted by atomic mass is 16.5. The number of aliphatic carboxylic acids is 1. The van der Waals surface area contributed by atoms with Gasteiger partial charge in [-0.25, -0.2) is 0 Å². The molecule has 0 aliphatic heterocycles. The van der Waals surface area contributed by atoms with E-state index in [-0.39, 0.29) is 6.61 Å². The van der Waals surface area contributed by atoms with Crippen LogP contribution in [-0.4, -0.2) is 23.7 Å². The summed E-state index contributed by atoms with van der Waals surface area (Å²) < 4.78 is 4.83. The molecule has 4 nitrogen and oxygen atoms in total. The smallest absolute Gasteiger partial charge is 0.323 e. The molecular formula is C10H16O4. The Labute approximate surface area is 83.2 Å². The minimum absolute atomic E-state index is 0.244. The first-order valence-corrected chi connectivity index (χ1v) is 5.04. The zero-order valence-corrected chi connectivity index (χ0v) is 8.41. The van der Waals surface area contributed by atoms with Gasteiger partial charge >= 0.3 is 11.9 Å². The molecule has 0 saturated heterocycles. The molecule has 0 amide bonds. The van der Waals surface area contributed by atoms with Gasteiger partial charge in [-0.15, -0.1) is 0 Å². The van der Waals surface area contributed by atoms with Crippen LogP contribution in [0.4, 0.5) is 0 Å². The van der Waals surface area contributed by atoms with Crippen molar-refractivity contribution < 1.29 is 19.4 Å². The summed E-state index contributed by atoms with van der Waals surface area (Å²) in [7, 11) is 0.